The number of nitrogens with one attached hydrogen (secondary N) is 1. The van der Waals surface area contributed by atoms with Gasteiger partial charge in [-0.1, -0.05) is 6.92 Å². The highest BCUT2D eigenvalue weighted by molar-refractivity contribution is 5.46. The Labute approximate surface area is 113 Å². The minimum atomic E-state index is -0.158. The first-order chi connectivity index (χ1) is 9.33. The van der Waals surface area contributed by atoms with Crippen LogP contribution in [-0.4, -0.2) is 26.0 Å². The van der Waals surface area contributed by atoms with Gasteiger partial charge in [-0.05, 0) is 25.1 Å². The van der Waals surface area contributed by atoms with Crippen LogP contribution in [0.1, 0.15) is 19.8 Å². The summed E-state index contributed by atoms with van der Waals surface area (Å²) in [6.45, 7) is 3.68. The fourth-order valence-corrected chi connectivity index (χ4v) is 1.79. The molecule has 5 nitrogen and oxygen atoms in total. The summed E-state index contributed by atoms with van der Waals surface area (Å²) in [4.78, 5) is 0. The van der Waals surface area contributed by atoms with Crippen LogP contribution in [0.3, 0.4) is 0 Å². The SMILES string of the molecule is CCCNC(C#N)CCOc1ccc2c(c1)OCO2. The van der Waals surface area contributed by atoms with E-state index in [1.54, 1.807) is 0 Å². The van der Waals surface area contributed by atoms with Crippen molar-refractivity contribution in [1.82, 2.24) is 5.32 Å². The van der Waals surface area contributed by atoms with Gasteiger partial charge in [0.25, 0.3) is 0 Å². The summed E-state index contributed by atoms with van der Waals surface area (Å²) >= 11 is 0. The van der Waals surface area contributed by atoms with Gasteiger partial charge in [0.2, 0.25) is 6.79 Å². The van der Waals surface area contributed by atoms with Crippen molar-refractivity contribution in [2.45, 2.75) is 25.8 Å². The van der Waals surface area contributed by atoms with E-state index in [0.717, 1.165) is 24.5 Å². The lowest BCUT2D eigenvalue weighted by molar-refractivity contribution is 0.173. The molecule has 1 aromatic carbocycles. The Morgan fingerprint density at radius 2 is 2.26 bits per heavy atom. The molecule has 0 saturated heterocycles. The monoisotopic (exact) mass is 262 g/mol. The Morgan fingerprint density at radius 1 is 1.42 bits per heavy atom. The summed E-state index contributed by atoms with van der Waals surface area (Å²) in [6, 6.07) is 7.55. The number of hydrogen-bond donors (Lipinski definition) is 1. The highest BCUT2D eigenvalue weighted by atomic mass is 16.7. The summed E-state index contributed by atoms with van der Waals surface area (Å²) in [5, 5.41) is 12.1. The number of hydrogen-bond acceptors (Lipinski definition) is 5. The Bertz CT molecular complexity index is 456. The van der Waals surface area contributed by atoms with Crippen molar-refractivity contribution in [2.75, 3.05) is 19.9 Å². The largest absolute Gasteiger partial charge is 0.493 e. The van der Waals surface area contributed by atoms with Crippen LogP contribution < -0.4 is 19.5 Å². The molecule has 1 aromatic rings. The average molecular weight is 262 g/mol. The number of nitrogens with zero attached hydrogens (tertiary/aromatic N) is 1. The van der Waals surface area contributed by atoms with E-state index in [1.807, 2.05) is 18.2 Å². The molecule has 1 N–H and O–H groups in total. The number of fused-ring (bicyclic) bond motifs is 1. The lowest BCUT2D eigenvalue weighted by Crippen LogP contribution is -2.29. The topological polar surface area (TPSA) is 63.5 Å². The van der Waals surface area contributed by atoms with Gasteiger partial charge in [-0.3, -0.25) is 0 Å². The minimum Gasteiger partial charge on any atom is -0.493 e. The molecule has 1 unspecified atom stereocenters. The summed E-state index contributed by atoms with van der Waals surface area (Å²) in [7, 11) is 0. The molecule has 102 valence electrons. The molecular formula is C14H18N2O3. The zero-order valence-electron chi connectivity index (χ0n) is 11.0. The van der Waals surface area contributed by atoms with Crippen molar-refractivity contribution >= 4 is 0 Å². The van der Waals surface area contributed by atoms with Crippen LogP contribution in [0.15, 0.2) is 18.2 Å². The minimum absolute atomic E-state index is 0.158. The molecule has 0 saturated carbocycles. The summed E-state index contributed by atoms with van der Waals surface area (Å²) in [6.07, 6.45) is 1.67. The van der Waals surface area contributed by atoms with E-state index >= 15 is 0 Å². The third kappa shape index (κ3) is 3.76. The smallest absolute Gasteiger partial charge is 0.231 e. The fraction of sp³-hybridized carbons (Fsp3) is 0.500. The molecule has 1 aliphatic heterocycles. The Morgan fingerprint density at radius 3 is 3.05 bits per heavy atom. The van der Waals surface area contributed by atoms with Gasteiger partial charge in [0.05, 0.1) is 18.7 Å². The van der Waals surface area contributed by atoms with Gasteiger partial charge in [0.1, 0.15) is 5.75 Å². The molecular weight excluding hydrogens is 244 g/mol. The van der Waals surface area contributed by atoms with E-state index in [1.165, 1.54) is 0 Å². The van der Waals surface area contributed by atoms with Gasteiger partial charge in [-0.25, -0.2) is 0 Å². The van der Waals surface area contributed by atoms with Crippen LogP contribution >= 0.6 is 0 Å². The summed E-state index contributed by atoms with van der Waals surface area (Å²) in [5.41, 5.74) is 0. The number of ether oxygens (including phenoxy) is 3. The van der Waals surface area contributed by atoms with E-state index in [4.69, 9.17) is 19.5 Å². The molecule has 2 rings (SSSR count). The zero-order valence-corrected chi connectivity index (χ0v) is 11.0. The van der Waals surface area contributed by atoms with Gasteiger partial charge < -0.3 is 19.5 Å². The Kier molecular flexibility index (Phi) is 4.87. The van der Waals surface area contributed by atoms with Crippen molar-refractivity contribution in [1.29, 1.82) is 5.26 Å². The molecule has 1 aliphatic rings. The van der Waals surface area contributed by atoms with Crippen LogP contribution in [0, 0.1) is 11.3 Å². The van der Waals surface area contributed by atoms with Gasteiger partial charge in [0.15, 0.2) is 11.5 Å². The van der Waals surface area contributed by atoms with Crippen LogP contribution in [-0.2, 0) is 0 Å². The highest BCUT2D eigenvalue weighted by Gasteiger charge is 2.14. The van der Waals surface area contributed by atoms with E-state index in [9.17, 15) is 0 Å². The first kappa shape index (κ1) is 13.5. The molecule has 0 aliphatic carbocycles. The molecule has 0 spiro atoms. The van der Waals surface area contributed by atoms with E-state index < -0.39 is 0 Å². The summed E-state index contributed by atoms with van der Waals surface area (Å²) < 4.78 is 16.1. The normalized spacial score (nSPS) is 13.9. The molecule has 0 amide bonds. The van der Waals surface area contributed by atoms with Crippen LogP contribution in [0.25, 0.3) is 0 Å². The Hall–Kier alpha value is -1.93. The molecule has 5 heteroatoms. The van der Waals surface area contributed by atoms with Crippen LogP contribution in [0.4, 0.5) is 0 Å². The number of benzene rings is 1. The molecule has 19 heavy (non-hydrogen) atoms. The van der Waals surface area contributed by atoms with Crippen molar-refractivity contribution in [2.24, 2.45) is 0 Å². The molecule has 1 heterocycles. The van der Waals surface area contributed by atoms with Gasteiger partial charge in [-0.2, -0.15) is 5.26 Å². The third-order valence-corrected chi connectivity index (χ3v) is 2.82. The van der Waals surface area contributed by atoms with Crippen molar-refractivity contribution in [3.63, 3.8) is 0 Å². The second-order valence-corrected chi connectivity index (χ2v) is 4.29. The molecule has 1 atom stereocenters. The van der Waals surface area contributed by atoms with Crippen LogP contribution in [0.2, 0.25) is 0 Å². The van der Waals surface area contributed by atoms with Crippen molar-refractivity contribution in [3.8, 4) is 23.3 Å². The first-order valence-corrected chi connectivity index (χ1v) is 6.49. The standard InChI is InChI=1S/C14H18N2O3/c1-2-6-16-11(9-15)5-7-17-12-3-4-13-14(8-12)19-10-18-13/h3-4,8,11,16H,2,5-7,10H2,1H3. The predicted molar refractivity (Wildman–Crippen MR) is 70.4 cm³/mol. The lowest BCUT2D eigenvalue weighted by atomic mass is 10.2. The first-order valence-electron chi connectivity index (χ1n) is 6.49. The molecule has 0 radical (unpaired) electrons. The van der Waals surface area contributed by atoms with Gasteiger partial charge in [0, 0.05) is 12.5 Å². The van der Waals surface area contributed by atoms with Crippen molar-refractivity contribution in [3.05, 3.63) is 18.2 Å². The number of rotatable bonds is 7. The van der Waals surface area contributed by atoms with E-state index in [0.29, 0.717) is 18.8 Å². The molecule has 0 aromatic heterocycles. The van der Waals surface area contributed by atoms with E-state index in [-0.39, 0.29) is 12.8 Å². The third-order valence-electron chi connectivity index (χ3n) is 2.82. The average Bonchev–Trinajstić information content (AvgIpc) is 2.90. The van der Waals surface area contributed by atoms with Crippen molar-refractivity contribution < 1.29 is 14.2 Å². The number of nitriles is 1. The quantitative estimate of drug-likeness (QED) is 0.815. The van der Waals surface area contributed by atoms with Crippen LogP contribution in [0.5, 0.6) is 17.2 Å². The van der Waals surface area contributed by atoms with Gasteiger partial charge >= 0.3 is 0 Å². The second-order valence-electron chi connectivity index (χ2n) is 4.29. The fourth-order valence-electron chi connectivity index (χ4n) is 1.79. The van der Waals surface area contributed by atoms with E-state index in [2.05, 4.69) is 18.3 Å². The Balaban J connectivity index is 1.77. The maximum Gasteiger partial charge on any atom is 0.231 e. The molecule has 0 fully saturated rings. The summed E-state index contributed by atoms with van der Waals surface area (Å²) in [5.74, 6) is 2.18. The maximum absolute atomic E-state index is 8.97. The highest BCUT2D eigenvalue weighted by Crippen LogP contribution is 2.35. The van der Waals surface area contributed by atoms with Gasteiger partial charge in [-0.15, -0.1) is 0 Å². The second kappa shape index (κ2) is 6.86. The molecule has 0 bridgehead atoms. The lowest BCUT2D eigenvalue weighted by Gasteiger charge is -2.11. The maximum atomic E-state index is 8.97. The predicted octanol–water partition coefficient (Wildman–Crippen LogP) is 2.08. The zero-order chi connectivity index (χ0) is 13.5.